The number of benzene rings is 1. The summed E-state index contributed by atoms with van der Waals surface area (Å²) in [4.78, 5) is 4.26. The highest BCUT2D eigenvalue weighted by Gasteiger charge is 2.24. The minimum Gasteiger partial charge on any atom is -0.377 e. The van der Waals surface area contributed by atoms with Gasteiger partial charge >= 0.3 is 0 Å². The Hall–Kier alpha value is -1.83. The quantitative estimate of drug-likeness (QED) is 0.854. The summed E-state index contributed by atoms with van der Waals surface area (Å²) in [5.74, 6) is 0.671. The first kappa shape index (κ1) is 12.2. The lowest BCUT2D eigenvalue weighted by molar-refractivity contribution is 0.534. The van der Waals surface area contributed by atoms with Gasteiger partial charge < -0.3 is 5.32 Å². The average Bonchev–Trinajstić information content (AvgIpc) is 2.42. The summed E-state index contributed by atoms with van der Waals surface area (Å²) in [5, 5.41) is 3.64. The normalized spacial score (nSPS) is 21.8. The lowest BCUT2D eigenvalue weighted by Crippen LogP contribution is -2.19. The molecule has 19 heavy (non-hydrogen) atoms. The molecule has 0 fully saturated rings. The molecule has 3 rings (SSSR count). The van der Waals surface area contributed by atoms with E-state index < -0.39 is 0 Å². The number of pyridine rings is 1. The fourth-order valence-electron chi connectivity index (χ4n) is 2.99. The summed E-state index contributed by atoms with van der Waals surface area (Å²) < 4.78 is 0. The molecule has 0 radical (unpaired) electrons. The van der Waals surface area contributed by atoms with E-state index >= 15 is 0 Å². The monoisotopic (exact) mass is 252 g/mol. The van der Waals surface area contributed by atoms with Crippen molar-refractivity contribution in [3.8, 4) is 0 Å². The number of hydrogen-bond donors (Lipinski definition) is 1. The highest BCUT2D eigenvalue weighted by Crippen LogP contribution is 2.38. The van der Waals surface area contributed by atoms with Crippen molar-refractivity contribution in [1.82, 2.24) is 4.98 Å². The number of aromatic nitrogens is 1. The molecular weight excluding hydrogens is 232 g/mol. The first-order valence-corrected chi connectivity index (χ1v) is 7.01. The van der Waals surface area contributed by atoms with E-state index in [-0.39, 0.29) is 0 Å². The van der Waals surface area contributed by atoms with Gasteiger partial charge in [0.25, 0.3) is 0 Å². The van der Waals surface area contributed by atoms with Crippen LogP contribution in [-0.4, -0.2) is 4.98 Å². The van der Waals surface area contributed by atoms with Gasteiger partial charge in [0.2, 0.25) is 0 Å². The maximum absolute atomic E-state index is 4.26. The first-order valence-electron chi connectivity index (χ1n) is 7.01. The Labute approximate surface area is 114 Å². The van der Waals surface area contributed by atoms with E-state index in [2.05, 4.69) is 54.5 Å². The first-order chi connectivity index (χ1) is 9.24. The Morgan fingerprint density at radius 2 is 1.89 bits per heavy atom. The van der Waals surface area contributed by atoms with Crippen molar-refractivity contribution in [3.63, 3.8) is 0 Å². The molecule has 1 N–H and O–H groups in total. The van der Waals surface area contributed by atoms with Crippen molar-refractivity contribution in [2.45, 2.75) is 38.6 Å². The van der Waals surface area contributed by atoms with Gasteiger partial charge in [0.15, 0.2) is 0 Å². The molecule has 98 valence electrons. The highest BCUT2D eigenvalue weighted by molar-refractivity contribution is 5.47. The van der Waals surface area contributed by atoms with Gasteiger partial charge in [-0.25, -0.2) is 0 Å². The molecular formula is C17H20N2. The van der Waals surface area contributed by atoms with Crippen molar-refractivity contribution in [2.75, 3.05) is 5.32 Å². The third-order valence-corrected chi connectivity index (χ3v) is 4.01. The van der Waals surface area contributed by atoms with Gasteiger partial charge in [0.05, 0.1) is 11.7 Å². The van der Waals surface area contributed by atoms with Crippen molar-refractivity contribution in [1.29, 1.82) is 0 Å². The molecule has 1 heterocycles. The van der Waals surface area contributed by atoms with Crippen LogP contribution in [0.4, 0.5) is 5.69 Å². The molecule has 1 aromatic heterocycles. The van der Waals surface area contributed by atoms with Crippen molar-refractivity contribution < 1.29 is 0 Å². The molecule has 1 aromatic carbocycles. The number of nitrogens with one attached hydrogen (secondary N) is 1. The summed E-state index contributed by atoms with van der Waals surface area (Å²) in [6, 6.07) is 11.4. The molecule has 2 heteroatoms. The van der Waals surface area contributed by atoms with E-state index in [1.54, 1.807) is 0 Å². The molecule has 0 amide bonds. The fourth-order valence-corrected chi connectivity index (χ4v) is 2.99. The van der Waals surface area contributed by atoms with Gasteiger partial charge in [-0.1, -0.05) is 31.2 Å². The van der Waals surface area contributed by atoms with Gasteiger partial charge in [-0.3, -0.25) is 4.98 Å². The summed E-state index contributed by atoms with van der Waals surface area (Å²) in [6.07, 6.45) is 6.23. The summed E-state index contributed by atoms with van der Waals surface area (Å²) >= 11 is 0. The summed E-state index contributed by atoms with van der Waals surface area (Å²) in [5.41, 5.74) is 5.26. The van der Waals surface area contributed by atoms with Gasteiger partial charge in [-0.2, -0.15) is 0 Å². The van der Waals surface area contributed by atoms with Crippen molar-refractivity contribution >= 4 is 5.69 Å². The van der Waals surface area contributed by atoms with Crippen molar-refractivity contribution in [3.05, 3.63) is 59.4 Å². The topological polar surface area (TPSA) is 24.9 Å². The van der Waals surface area contributed by atoms with Gasteiger partial charge in [0, 0.05) is 12.4 Å². The highest BCUT2D eigenvalue weighted by atomic mass is 14.9. The van der Waals surface area contributed by atoms with E-state index in [9.17, 15) is 0 Å². The van der Waals surface area contributed by atoms with Crippen LogP contribution in [0.2, 0.25) is 0 Å². The zero-order chi connectivity index (χ0) is 13.2. The molecule has 0 saturated carbocycles. The zero-order valence-electron chi connectivity index (χ0n) is 11.6. The van der Waals surface area contributed by atoms with E-state index in [0.29, 0.717) is 12.0 Å². The second-order valence-corrected chi connectivity index (χ2v) is 5.56. The minimum absolute atomic E-state index is 0.413. The van der Waals surface area contributed by atoms with Crippen LogP contribution in [0, 0.1) is 6.92 Å². The average molecular weight is 252 g/mol. The molecule has 2 nitrogen and oxygen atoms in total. The van der Waals surface area contributed by atoms with Crippen LogP contribution in [0.15, 0.2) is 42.7 Å². The van der Waals surface area contributed by atoms with E-state index in [4.69, 9.17) is 0 Å². The lowest BCUT2D eigenvalue weighted by Gasteiger charge is -2.31. The smallest absolute Gasteiger partial charge is 0.0534 e. The predicted octanol–water partition coefficient (Wildman–Crippen LogP) is 4.44. The van der Waals surface area contributed by atoms with Crippen molar-refractivity contribution in [2.24, 2.45) is 0 Å². The Morgan fingerprint density at radius 3 is 2.68 bits per heavy atom. The van der Waals surface area contributed by atoms with Crippen LogP contribution in [0.1, 0.15) is 48.4 Å². The number of nitrogens with zero attached hydrogens (tertiary/aromatic N) is 1. The second-order valence-electron chi connectivity index (χ2n) is 5.56. The molecule has 2 atom stereocenters. The molecule has 0 saturated heterocycles. The molecule has 0 bridgehead atoms. The number of hydrogen-bond acceptors (Lipinski definition) is 2. The predicted molar refractivity (Wildman–Crippen MR) is 79.4 cm³/mol. The maximum Gasteiger partial charge on any atom is 0.0534 e. The zero-order valence-corrected chi connectivity index (χ0v) is 11.6. The second kappa shape index (κ2) is 5.04. The fraction of sp³-hybridized carbons (Fsp3) is 0.353. The standard InChI is InChI=1S/C17H20N2/c1-12-9-14(11-18-10-12)19-17-8-7-13(2)15-5-3-4-6-16(15)17/h3-6,9-11,13,17,19H,7-8H2,1-2H3. The Kier molecular flexibility index (Phi) is 3.24. The Morgan fingerprint density at radius 1 is 1.11 bits per heavy atom. The Bertz CT molecular complexity index is 577. The third-order valence-electron chi connectivity index (χ3n) is 4.01. The van der Waals surface area contributed by atoms with Crippen LogP contribution >= 0.6 is 0 Å². The number of aryl methyl sites for hydroxylation is 1. The maximum atomic E-state index is 4.26. The van der Waals surface area contributed by atoms with E-state index in [1.807, 2.05) is 12.4 Å². The molecule has 1 aliphatic carbocycles. The summed E-state index contributed by atoms with van der Waals surface area (Å²) in [6.45, 7) is 4.40. The van der Waals surface area contributed by atoms with E-state index in [0.717, 1.165) is 5.69 Å². The van der Waals surface area contributed by atoms with Gasteiger partial charge in [-0.15, -0.1) is 0 Å². The minimum atomic E-state index is 0.413. The SMILES string of the molecule is Cc1cncc(NC2CCC(C)c3ccccc32)c1. The molecule has 0 aliphatic heterocycles. The van der Waals surface area contributed by atoms with Crippen LogP contribution in [-0.2, 0) is 0 Å². The van der Waals surface area contributed by atoms with Crippen LogP contribution in [0.5, 0.6) is 0 Å². The van der Waals surface area contributed by atoms with E-state index in [1.165, 1.54) is 29.5 Å². The third kappa shape index (κ3) is 2.48. The molecule has 1 aliphatic rings. The largest absolute Gasteiger partial charge is 0.377 e. The Balaban J connectivity index is 1.89. The van der Waals surface area contributed by atoms with Gasteiger partial charge in [-0.05, 0) is 48.4 Å². The summed E-state index contributed by atoms with van der Waals surface area (Å²) in [7, 11) is 0. The van der Waals surface area contributed by atoms with Crippen LogP contribution in [0.3, 0.4) is 0 Å². The van der Waals surface area contributed by atoms with Crippen LogP contribution < -0.4 is 5.32 Å². The lowest BCUT2D eigenvalue weighted by atomic mass is 9.81. The molecule has 2 unspecified atom stereocenters. The number of fused-ring (bicyclic) bond motifs is 1. The number of rotatable bonds is 2. The van der Waals surface area contributed by atoms with Gasteiger partial charge in [0.1, 0.15) is 0 Å². The molecule has 0 spiro atoms. The molecule has 2 aromatic rings. The van der Waals surface area contributed by atoms with Crippen LogP contribution in [0.25, 0.3) is 0 Å². The number of anilines is 1.